The van der Waals surface area contributed by atoms with Gasteiger partial charge in [-0.2, -0.15) is 0 Å². The van der Waals surface area contributed by atoms with Crippen LogP contribution in [0.1, 0.15) is 30.9 Å². The van der Waals surface area contributed by atoms with Crippen LogP contribution in [-0.4, -0.2) is 19.2 Å². The first-order valence-corrected chi connectivity index (χ1v) is 5.92. The Balaban J connectivity index is 2.47. The maximum atomic E-state index is 6.12. The first kappa shape index (κ1) is 11.7. The van der Waals surface area contributed by atoms with E-state index in [-0.39, 0.29) is 5.54 Å². The molecule has 1 atom stereocenters. The molecule has 0 aromatic heterocycles. The van der Waals surface area contributed by atoms with Crippen molar-refractivity contribution in [2.45, 2.75) is 32.2 Å². The minimum absolute atomic E-state index is 0.129. The summed E-state index contributed by atoms with van der Waals surface area (Å²) in [5.74, 6) is 1.45. The Morgan fingerprint density at radius 2 is 2.12 bits per heavy atom. The first-order chi connectivity index (χ1) is 7.45. The molecule has 1 fully saturated rings. The second-order valence-electron chi connectivity index (χ2n) is 5.00. The van der Waals surface area contributed by atoms with Gasteiger partial charge in [0, 0.05) is 28.6 Å². The molecule has 0 saturated carbocycles. The zero-order valence-corrected chi connectivity index (χ0v) is 11.0. The van der Waals surface area contributed by atoms with Crippen molar-refractivity contribution in [3.8, 4) is 5.75 Å². The predicted molar refractivity (Wildman–Crippen MR) is 67.6 cm³/mol. The van der Waals surface area contributed by atoms with E-state index in [0.29, 0.717) is 5.92 Å². The van der Waals surface area contributed by atoms with Gasteiger partial charge in [-0.25, -0.2) is 0 Å². The number of ether oxygens (including phenoxy) is 1. The molecular weight excluding hydrogens is 222 g/mol. The van der Waals surface area contributed by atoms with Crippen LogP contribution >= 0.6 is 11.6 Å². The first-order valence-electron chi connectivity index (χ1n) is 5.55. The average molecular weight is 240 g/mol. The number of methoxy groups -OCH3 is 1. The van der Waals surface area contributed by atoms with E-state index in [1.54, 1.807) is 7.11 Å². The van der Waals surface area contributed by atoms with E-state index >= 15 is 0 Å². The lowest BCUT2D eigenvalue weighted by Crippen LogP contribution is -2.59. The monoisotopic (exact) mass is 239 g/mol. The maximum Gasteiger partial charge on any atom is 0.125 e. The zero-order valence-electron chi connectivity index (χ0n) is 10.2. The molecule has 0 amide bonds. The Labute approximate surface area is 102 Å². The van der Waals surface area contributed by atoms with E-state index in [2.05, 4.69) is 19.2 Å². The number of halogens is 1. The van der Waals surface area contributed by atoms with Gasteiger partial charge in [0.15, 0.2) is 0 Å². The third kappa shape index (κ3) is 1.80. The van der Waals surface area contributed by atoms with Crippen molar-refractivity contribution in [3.05, 3.63) is 28.3 Å². The molecule has 1 aliphatic heterocycles. The van der Waals surface area contributed by atoms with Gasteiger partial charge in [-0.05, 0) is 38.5 Å². The third-order valence-electron chi connectivity index (χ3n) is 3.48. The zero-order chi connectivity index (χ0) is 11.9. The fourth-order valence-corrected chi connectivity index (χ4v) is 2.69. The number of rotatable bonds is 2. The van der Waals surface area contributed by atoms with Crippen LogP contribution in [0.2, 0.25) is 5.02 Å². The summed E-state index contributed by atoms with van der Waals surface area (Å²) < 4.78 is 5.49. The van der Waals surface area contributed by atoms with Crippen molar-refractivity contribution < 1.29 is 4.74 Å². The lowest BCUT2D eigenvalue weighted by Gasteiger charge is -2.46. The van der Waals surface area contributed by atoms with Gasteiger partial charge in [-0.3, -0.25) is 0 Å². The highest BCUT2D eigenvalue weighted by Crippen LogP contribution is 2.41. The van der Waals surface area contributed by atoms with Crippen LogP contribution in [0.4, 0.5) is 0 Å². The fourth-order valence-electron chi connectivity index (χ4n) is 2.40. The maximum absolute atomic E-state index is 6.12. The fraction of sp³-hybridized carbons (Fsp3) is 0.538. The normalized spacial score (nSPS) is 22.7. The largest absolute Gasteiger partial charge is 0.496 e. The Morgan fingerprint density at radius 3 is 2.56 bits per heavy atom. The Morgan fingerprint density at radius 1 is 1.44 bits per heavy atom. The molecule has 88 valence electrons. The summed E-state index contributed by atoms with van der Waals surface area (Å²) in [5, 5.41) is 4.21. The van der Waals surface area contributed by atoms with Crippen LogP contribution in [-0.2, 0) is 0 Å². The molecule has 2 nitrogen and oxygen atoms in total. The van der Waals surface area contributed by atoms with Gasteiger partial charge in [0.05, 0.1) is 7.11 Å². The Hall–Kier alpha value is -0.730. The molecule has 0 bridgehead atoms. The number of hydrogen-bond acceptors (Lipinski definition) is 2. The molecule has 1 unspecified atom stereocenters. The van der Waals surface area contributed by atoms with Gasteiger partial charge < -0.3 is 10.1 Å². The van der Waals surface area contributed by atoms with Crippen LogP contribution in [0.25, 0.3) is 0 Å². The van der Waals surface area contributed by atoms with Gasteiger partial charge in [0.1, 0.15) is 5.75 Å². The van der Waals surface area contributed by atoms with Crippen LogP contribution in [0.5, 0.6) is 5.75 Å². The standard InChI is InChI=1S/C13H18ClNO/c1-8-5-9(14)6-10(12(8)16-4)11-7-15-13(11,2)3/h5-6,11,15H,7H2,1-4H3. The van der Waals surface area contributed by atoms with E-state index in [0.717, 1.165) is 22.9 Å². The predicted octanol–water partition coefficient (Wildman–Crippen LogP) is 3.12. The lowest BCUT2D eigenvalue weighted by atomic mass is 9.74. The summed E-state index contributed by atoms with van der Waals surface area (Å²) >= 11 is 6.12. The lowest BCUT2D eigenvalue weighted by molar-refractivity contribution is 0.203. The number of nitrogens with one attached hydrogen (secondary N) is 1. The number of hydrogen-bond donors (Lipinski definition) is 1. The molecule has 1 heterocycles. The van der Waals surface area contributed by atoms with Gasteiger partial charge in [0.2, 0.25) is 0 Å². The topological polar surface area (TPSA) is 21.3 Å². The van der Waals surface area contributed by atoms with Gasteiger partial charge >= 0.3 is 0 Å². The van der Waals surface area contributed by atoms with Crippen LogP contribution in [0, 0.1) is 6.92 Å². The molecule has 2 rings (SSSR count). The van der Waals surface area contributed by atoms with Crippen LogP contribution < -0.4 is 10.1 Å². The van der Waals surface area contributed by atoms with Crippen molar-refractivity contribution in [2.75, 3.05) is 13.7 Å². The minimum atomic E-state index is 0.129. The SMILES string of the molecule is COc1c(C)cc(Cl)cc1C1CNC1(C)C. The molecule has 1 saturated heterocycles. The Kier molecular flexibility index (Phi) is 2.89. The van der Waals surface area contributed by atoms with E-state index in [4.69, 9.17) is 16.3 Å². The quantitative estimate of drug-likeness (QED) is 0.856. The van der Waals surface area contributed by atoms with Gasteiger partial charge in [-0.15, -0.1) is 0 Å². The van der Waals surface area contributed by atoms with E-state index in [9.17, 15) is 0 Å². The van der Waals surface area contributed by atoms with Crippen molar-refractivity contribution in [3.63, 3.8) is 0 Å². The van der Waals surface area contributed by atoms with Crippen molar-refractivity contribution in [1.29, 1.82) is 0 Å². The Bertz CT molecular complexity index is 415. The van der Waals surface area contributed by atoms with E-state index < -0.39 is 0 Å². The van der Waals surface area contributed by atoms with Crippen LogP contribution in [0.15, 0.2) is 12.1 Å². The summed E-state index contributed by atoms with van der Waals surface area (Å²) in [6, 6.07) is 3.98. The molecule has 0 spiro atoms. The summed E-state index contributed by atoms with van der Waals surface area (Å²) in [5.41, 5.74) is 2.45. The van der Waals surface area contributed by atoms with Crippen molar-refractivity contribution in [1.82, 2.24) is 5.32 Å². The summed E-state index contributed by atoms with van der Waals surface area (Å²) in [7, 11) is 1.72. The number of benzene rings is 1. The molecule has 16 heavy (non-hydrogen) atoms. The molecule has 1 aromatic rings. The smallest absolute Gasteiger partial charge is 0.125 e. The average Bonchev–Trinajstić information content (AvgIpc) is 2.15. The van der Waals surface area contributed by atoms with Crippen molar-refractivity contribution in [2.24, 2.45) is 0 Å². The van der Waals surface area contributed by atoms with E-state index in [1.807, 2.05) is 19.1 Å². The summed E-state index contributed by atoms with van der Waals surface area (Å²) in [4.78, 5) is 0. The molecule has 0 aliphatic carbocycles. The summed E-state index contributed by atoms with van der Waals surface area (Å²) in [6.07, 6.45) is 0. The van der Waals surface area contributed by atoms with Gasteiger partial charge in [0.25, 0.3) is 0 Å². The van der Waals surface area contributed by atoms with Crippen LogP contribution in [0.3, 0.4) is 0 Å². The highest BCUT2D eigenvalue weighted by atomic mass is 35.5. The molecule has 1 aromatic carbocycles. The second kappa shape index (κ2) is 3.94. The van der Waals surface area contributed by atoms with Crippen molar-refractivity contribution >= 4 is 11.6 Å². The molecule has 3 heteroatoms. The minimum Gasteiger partial charge on any atom is -0.496 e. The van der Waals surface area contributed by atoms with Gasteiger partial charge in [-0.1, -0.05) is 11.6 Å². The highest BCUT2D eigenvalue weighted by Gasteiger charge is 2.40. The number of aryl methyl sites for hydroxylation is 1. The molecule has 0 radical (unpaired) electrons. The molecule has 1 N–H and O–H groups in total. The highest BCUT2D eigenvalue weighted by molar-refractivity contribution is 6.30. The second-order valence-corrected chi connectivity index (χ2v) is 5.44. The molecular formula is C13H18ClNO. The summed E-state index contributed by atoms with van der Waals surface area (Å²) in [6.45, 7) is 7.43. The molecule has 1 aliphatic rings. The van der Waals surface area contributed by atoms with E-state index in [1.165, 1.54) is 5.56 Å². The third-order valence-corrected chi connectivity index (χ3v) is 3.70.